The molecule has 0 saturated carbocycles. The number of rotatable bonds is 2. The van der Waals surface area contributed by atoms with Crippen LogP contribution in [0.15, 0.2) is 18.2 Å². The molecule has 5 N–H and O–H groups in total. The zero-order valence-corrected chi connectivity index (χ0v) is 10.8. The third-order valence-electron chi connectivity index (χ3n) is 3.05. The number of hydrogen-bond acceptors (Lipinski definition) is 6. The number of benzene rings is 2. The van der Waals surface area contributed by atoms with Crippen molar-refractivity contribution in [2.75, 3.05) is 0 Å². The maximum absolute atomic E-state index is 13.7. The van der Waals surface area contributed by atoms with Crippen LogP contribution in [0.5, 0.6) is 28.7 Å². The Morgan fingerprint density at radius 1 is 0.905 bits per heavy atom. The molecule has 0 amide bonds. The summed E-state index contributed by atoms with van der Waals surface area (Å²) in [5.74, 6) is -6.20. The van der Waals surface area contributed by atoms with Crippen molar-refractivity contribution in [3.8, 4) is 28.7 Å². The van der Waals surface area contributed by atoms with Crippen molar-refractivity contribution in [3.63, 3.8) is 0 Å². The Morgan fingerprint density at radius 2 is 1.43 bits per heavy atom. The van der Waals surface area contributed by atoms with Gasteiger partial charge in [-0.2, -0.15) is 0 Å². The summed E-state index contributed by atoms with van der Waals surface area (Å²) in [7, 11) is 0. The van der Waals surface area contributed by atoms with Gasteiger partial charge in [0.05, 0.1) is 0 Å². The molecule has 110 valence electrons. The number of phenolic OH excluding ortho intramolecular Hbond substituents is 5. The van der Waals surface area contributed by atoms with Crippen molar-refractivity contribution in [1.29, 1.82) is 0 Å². The summed E-state index contributed by atoms with van der Waals surface area (Å²) in [4.78, 5) is 12.2. The van der Waals surface area contributed by atoms with Crippen LogP contribution >= 0.6 is 0 Å². The molecule has 0 aliphatic rings. The van der Waals surface area contributed by atoms with Gasteiger partial charge in [-0.15, -0.1) is 0 Å². The molecule has 2 aromatic rings. The monoisotopic (exact) mass is 294 g/mol. The molecular weight excluding hydrogens is 283 g/mol. The molecule has 0 spiro atoms. The number of carbonyl (C=O) groups is 1. The lowest BCUT2D eigenvalue weighted by Gasteiger charge is -2.10. The van der Waals surface area contributed by atoms with Crippen LogP contribution in [0.3, 0.4) is 0 Å². The zero-order chi connectivity index (χ0) is 15.9. The van der Waals surface area contributed by atoms with Gasteiger partial charge < -0.3 is 25.5 Å². The Kier molecular flexibility index (Phi) is 3.34. The molecule has 7 heteroatoms. The Hall–Kier alpha value is -2.96. The van der Waals surface area contributed by atoms with Gasteiger partial charge in [-0.3, -0.25) is 4.79 Å². The summed E-state index contributed by atoms with van der Waals surface area (Å²) in [5.41, 5.74) is -1.05. The Morgan fingerprint density at radius 3 is 1.95 bits per heavy atom. The Labute approximate surface area is 118 Å². The van der Waals surface area contributed by atoms with Crippen LogP contribution in [0.25, 0.3) is 0 Å². The third-order valence-corrected chi connectivity index (χ3v) is 3.05. The fourth-order valence-corrected chi connectivity index (χ4v) is 1.79. The van der Waals surface area contributed by atoms with Crippen molar-refractivity contribution in [3.05, 3.63) is 40.7 Å². The van der Waals surface area contributed by atoms with E-state index in [1.54, 1.807) is 0 Å². The summed E-state index contributed by atoms with van der Waals surface area (Å²) in [6, 6.07) is 2.44. The fourth-order valence-electron chi connectivity index (χ4n) is 1.79. The van der Waals surface area contributed by atoms with Crippen LogP contribution in [-0.4, -0.2) is 31.3 Å². The van der Waals surface area contributed by atoms with Crippen LogP contribution in [0.2, 0.25) is 0 Å². The van der Waals surface area contributed by atoms with E-state index in [1.807, 2.05) is 0 Å². The van der Waals surface area contributed by atoms with Gasteiger partial charge in [0.25, 0.3) is 0 Å². The van der Waals surface area contributed by atoms with E-state index in [9.17, 15) is 29.6 Å². The van der Waals surface area contributed by atoms with E-state index >= 15 is 0 Å². The molecule has 0 radical (unpaired) electrons. The maximum Gasteiger partial charge on any atom is 0.201 e. The van der Waals surface area contributed by atoms with Crippen molar-refractivity contribution in [2.24, 2.45) is 0 Å². The molecule has 0 saturated heterocycles. The lowest BCUT2D eigenvalue weighted by Crippen LogP contribution is -2.05. The third kappa shape index (κ3) is 2.29. The number of carbonyl (C=O) groups excluding carboxylic acids is 1. The largest absolute Gasteiger partial charge is 0.508 e. The highest BCUT2D eigenvalue weighted by Crippen LogP contribution is 2.40. The van der Waals surface area contributed by atoms with Gasteiger partial charge in [0.15, 0.2) is 17.3 Å². The van der Waals surface area contributed by atoms with Crippen LogP contribution < -0.4 is 0 Å². The van der Waals surface area contributed by atoms with Crippen LogP contribution in [0.4, 0.5) is 4.39 Å². The minimum absolute atomic E-state index is 0.129. The molecule has 0 fully saturated rings. The number of halogens is 1. The number of aromatic hydroxyl groups is 5. The van der Waals surface area contributed by atoms with E-state index in [1.165, 1.54) is 6.92 Å². The summed E-state index contributed by atoms with van der Waals surface area (Å²) < 4.78 is 13.7. The SMILES string of the molecule is Cc1c(O)cc(C(=O)c2c(F)cc(O)c(O)c2O)cc1O. The molecule has 0 atom stereocenters. The average Bonchev–Trinajstić information content (AvgIpc) is 2.41. The normalized spacial score (nSPS) is 10.6. The van der Waals surface area contributed by atoms with Crippen molar-refractivity contribution in [2.45, 2.75) is 6.92 Å². The van der Waals surface area contributed by atoms with Gasteiger partial charge in [-0.25, -0.2) is 4.39 Å². The molecule has 0 aromatic heterocycles. The summed E-state index contributed by atoms with van der Waals surface area (Å²) in [5, 5.41) is 47.2. The second-order valence-electron chi connectivity index (χ2n) is 4.42. The summed E-state index contributed by atoms with van der Waals surface area (Å²) >= 11 is 0. The molecule has 0 unspecified atom stereocenters. The van der Waals surface area contributed by atoms with E-state index in [0.29, 0.717) is 6.07 Å². The van der Waals surface area contributed by atoms with E-state index in [-0.39, 0.29) is 22.6 Å². The molecule has 0 aliphatic heterocycles. The predicted octanol–water partition coefficient (Wildman–Crippen LogP) is 1.89. The maximum atomic E-state index is 13.7. The van der Waals surface area contributed by atoms with Gasteiger partial charge >= 0.3 is 0 Å². The molecule has 0 heterocycles. The summed E-state index contributed by atoms with van der Waals surface area (Å²) in [6.07, 6.45) is 0. The molecule has 21 heavy (non-hydrogen) atoms. The second kappa shape index (κ2) is 4.86. The van der Waals surface area contributed by atoms with Crippen LogP contribution in [-0.2, 0) is 0 Å². The first-order chi connectivity index (χ1) is 9.73. The lowest BCUT2D eigenvalue weighted by atomic mass is 9.99. The minimum Gasteiger partial charge on any atom is -0.508 e. The van der Waals surface area contributed by atoms with Gasteiger partial charge in [-0.05, 0) is 19.1 Å². The molecule has 0 aliphatic carbocycles. The zero-order valence-electron chi connectivity index (χ0n) is 10.8. The highest BCUT2D eigenvalue weighted by molar-refractivity contribution is 6.12. The summed E-state index contributed by atoms with van der Waals surface area (Å²) in [6.45, 7) is 1.41. The molecule has 2 aromatic carbocycles. The number of phenols is 5. The average molecular weight is 294 g/mol. The molecule has 2 rings (SSSR count). The quantitative estimate of drug-likeness (QED) is 0.426. The topological polar surface area (TPSA) is 118 Å². The number of ketones is 1. The first-order valence-corrected chi connectivity index (χ1v) is 5.74. The lowest BCUT2D eigenvalue weighted by molar-refractivity contribution is 0.103. The standard InChI is InChI=1S/C14H11FO6/c1-5-8(16)2-6(3-9(5)17)12(19)11-7(15)4-10(18)13(20)14(11)21/h2-4,16-18,20-21H,1H3. The van der Waals surface area contributed by atoms with E-state index in [4.69, 9.17) is 5.11 Å². The molecule has 6 nitrogen and oxygen atoms in total. The van der Waals surface area contributed by atoms with E-state index in [0.717, 1.165) is 12.1 Å². The highest BCUT2D eigenvalue weighted by Gasteiger charge is 2.25. The van der Waals surface area contributed by atoms with Crippen molar-refractivity contribution >= 4 is 5.78 Å². The van der Waals surface area contributed by atoms with Gasteiger partial charge in [0.2, 0.25) is 5.75 Å². The minimum atomic E-state index is -1.26. The highest BCUT2D eigenvalue weighted by atomic mass is 19.1. The predicted molar refractivity (Wildman–Crippen MR) is 69.3 cm³/mol. The molecular formula is C14H11FO6. The van der Waals surface area contributed by atoms with Gasteiger partial charge in [0.1, 0.15) is 22.9 Å². The molecule has 0 bridgehead atoms. The van der Waals surface area contributed by atoms with Crippen LogP contribution in [0.1, 0.15) is 21.5 Å². The van der Waals surface area contributed by atoms with E-state index in [2.05, 4.69) is 0 Å². The van der Waals surface area contributed by atoms with Gasteiger partial charge in [0, 0.05) is 17.2 Å². The Bertz CT molecular complexity index is 731. The number of hydrogen-bond donors (Lipinski definition) is 5. The first-order valence-electron chi connectivity index (χ1n) is 5.74. The van der Waals surface area contributed by atoms with Crippen molar-refractivity contribution < 1.29 is 34.7 Å². The second-order valence-corrected chi connectivity index (χ2v) is 4.42. The smallest absolute Gasteiger partial charge is 0.201 e. The Balaban J connectivity index is 2.64. The van der Waals surface area contributed by atoms with Gasteiger partial charge in [-0.1, -0.05) is 0 Å². The van der Waals surface area contributed by atoms with E-state index < -0.39 is 34.4 Å². The first kappa shape index (κ1) is 14.4. The van der Waals surface area contributed by atoms with Crippen LogP contribution in [0, 0.1) is 12.7 Å². The fraction of sp³-hybridized carbons (Fsp3) is 0.0714. The van der Waals surface area contributed by atoms with Crippen molar-refractivity contribution in [1.82, 2.24) is 0 Å².